The predicted octanol–water partition coefficient (Wildman–Crippen LogP) is 7.85. The molecule has 0 bridgehead atoms. The van der Waals surface area contributed by atoms with Crippen molar-refractivity contribution < 1.29 is 9.47 Å². The van der Waals surface area contributed by atoms with Gasteiger partial charge in [-0.15, -0.1) is 0 Å². The fraction of sp³-hybridized carbons (Fsp3) is 0.154. The SMILES string of the molecule is CCOc1cc(CNc2cccc3ccccc23)cc(Br)c1OCc1cccc(Cl)c1. The molecule has 4 aromatic rings. The van der Waals surface area contributed by atoms with Crippen molar-refractivity contribution >= 4 is 44.0 Å². The Balaban J connectivity index is 1.53. The molecule has 0 amide bonds. The molecule has 0 unspecified atom stereocenters. The van der Waals surface area contributed by atoms with Crippen LogP contribution in [0, 0.1) is 0 Å². The molecule has 3 nitrogen and oxygen atoms in total. The molecule has 0 aliphatic heterocycles. The quantitative estimate of drug-likeness (QED) is 0.269. The van der Waals surface area contributed by atoms with Gasteiger partial charge in [-0.1, -0.05) is 60.1 Å². The van der Waals surface area contributed by atoms with Crippen LogP contribution in [0.3, 0.4) is 0 Å². The topological polar surface area (TPSA) is 30.5 Å². The van der Waals surface area contributed by atoms with Crippen LogP contribution in [-0.2, 0) is 13.2 Å². The summed E-state index contributed by atoms with van der Waals surface area (Å²) < 4.78 is 12.8. The van der Waals surface area contributed by atoms with E-state index in [1.807, 2.05) is 37.3 Å². The number of hydrogen-bond acceptors (Lipinski definition) is 3. The first-order valence-electron chi connectivity index (χ1n) is 10.2. The van der Waals surface area contributed by atoms with Gasteiger partial charge >= 0.3 is 0 Å². The molecule has 31 heavy (non-hydrogen) atoms. The normalized spacial score (nSPS) is 10.8. The summed E-state index contributed by atoms with van der Waals surface area (Å²) in [5, 5.41) is 6.67. The third-order valence-corrected chi connectivity index (χ3v) is 5.74. The summed E-state index contributed by atoms with van der Waals surface area (Å²) in [7, 11) is 0. The number of hydrogen-bond donors (Lipinski definition) is 1. The van der Waals surface area contributed by atoms with Crippen molar-refractivity contribution in [1.29, 1.82) is 0 Å². The van der Waals surface area contributed by atoms with Gasteiger partial charge in [0, 0.05) is 22.6 Å². The van der Waals surface area contributed by atoms with Gasteiger partial charge in [-0.25, -0.2) is 0 Å². The maximum Gasteiger partial charge on any atom is 0.175 e. The average Bonchev–Trinajstić information content (AvgIpc) is 2.77. The summed E-state index contributed by atoms with van der Waals surface area (Å²) in [6, 6.07) is 26.4. The largest absolute Gasteiger partial charge is 0.490 e. The van der Waals surface area contributed by atoms with E-state index in [1.54, 1.807) is 0 Å². The van der Waals surface area contributed by atoms with Gasteiger partial charge in [-0.2, -0.15) is 0 Å². The Kier molecular flexibility index (Phi) is 7.00. The molecule has 0 atom stereocenters. The number of anilines is 1. The van der Waals surface area contributed by atoms with E-state index in [9.17, 15) is 0 Å². The summed E-state index contributed by atoms with van der Waals surface area (Å²) in [6.45, 7) is 3.60. The molecule has 0 spiro atoms. The van der Waals surface area contributed by atoms with Crippen LogP contribution in [0.15, 0.2) is 83.3 Å². The third kappa shape index (κ3) is 5.33. The Labute approximate surface area is 196 Å². The van der Waals surface area contributed by atoms with E-state index >= 15 is 0 Å². The zero-order chi connectivity index (χ0) is 21.6. The van der Waals surface area contributed by atoms with Crippen LogP contribution in [0.25, 0.3) is 10.8 Å². The molecule has 0 heterocycles. The van der Waals surface area contributed by atoms with Crippen molar-refractivity contribution in [3.05, 3.63) is 99.5 Å². The highest BCUT2D eigenvalue weighted by Crippen LogP contribution is 2.38. The van der Waals surface area contributed by atoms with E-state index in [0.717, 1.165) is 21.3 Å². The zero-order valence-corrected chi connectivity index (χ0v) is 19.5. The highest BCUT2D eigenvalue weighted by molar-refractivity contribution is 9.10. The molecule has 158 valence electrons. The van der Waals surface area contributed by atoms with Gasteiger partial charge in [-0.05, 0) is 69.7 Å². The Hall–Kier alpha value is -2.69. The first-order chi connectivity index (χ1) is 15.1. The molecule has 0 aliphatic rings. The molecule has 0 aliphatic carbocycles. The van der Waals surface area contributed by atoms with Crippen molar-refractivity contribution in [3.63, 3.8) is 0 Å². The lowest BCUT2D eigenvalue weighted by atomic mass is 10.1. The van der Waals surface area contributed by atoms with Crippen molar-refractivity contribution in [2.75, 3.05) is 11.9 Å². The molecule has 0 fully saturated rings. The van der Waals surface area contributed by atoms with Gasteiger partial charge in [-0.3, -0.25) is 0 Å². The van der Waals surface area contributed by atoms with Crippen LogP contribution in [0.2, 0.25) is 5.02 Å². The first-order valence-corrected chi connectivity index (χ1v) is 11.3. The lowest BCUT2D eigenvalue weighted by Gasteiger charge is -2.16. The van der Waals surface area contributed by atoms with Crippen molar-refractivity contribution in [3.8, 4) is 11.5 Å². The van der Waals surface area contributed by atoms with Crippen LogP contribution in [0.1, 0.15) is 18.1 Å². The van der Waals surface area contributed by atoms with Gasteiger partial charge in [0.25, 0.3) is 0 Å². The molecule has 5 heteroatoms. The molecule has 0 aromatic heterocycles. The molecule has 0 saturated carbocycles. The fourth-order valence-electron chi connectivity index (χ4n) is 3.49. The van der Waals surface area contributed by atoms with Gasteiger partial charge in [0.1, 0.15) is 6.61 Å². The highest BCUT2D eigenvalue weighted by Gasteiger charge is 2.13. The van der Waals surface area contributed by atoms with Crippen LogP contribution < -0.4 is 14.8 Å². The monoisotopic (exact) mass is 495 g/mol. The summed E-state index contributed by atoms with van der Waals surface area (Å²) in [4.78, 5) is 0. The molecule has 1 N–H and O–H groups in total. The Morgan fingerprint density at radius 2 is 1.68 bits per heavy atom. The Bertz CT molecular complexity index is 1190. The summed E-state index contributed by atoms with van der Waals surface area (Å²) in [6.07, 6.45) is 0. The zero-order valence-electron chi connectivity index (χ0n) is 17.2. The van der Waals surface area contributed by atoms with E-state index in [4.69, 9.17) is 21.1 Å². The van der Waals surface area contributed by atoms with Crippen LogP contribution >= 0.6 is 27.5 Å². The Morgan fingerprint density at radius 1 is 0.871 bits per heavy atom. The number of nitrogens with one attached hydrogen (secondary N) is 1. The van der Waals surface area contributed by atoms with Crippen molar-refractivity contribution in [2.45, 2.75) is 20.1 Å². The minimum atomic E-state index is 0.410. The molecule has 4 rings (SSSR count). The number of fused-ring (bicyclic) bond motifs is 1. The third-order valence-electron chi connectivity index (χ3n) is 4.91. The van der Waals surface area contributed by atoms with E-state index in [1.165, 1.54) is 10.8 Å². The number of rotatable bonds is 8. The highest BCUT2D eigenvalue weighted by atomic mass is 79.9. The molecular weight excluding hydrogens is 474 g/mol. The summed E-state index contributed by atoms with van der Waals surface area (Å²) in [5.74, 6) is 1.41. The van der Waals surface area contributed by atoms with E-state index in [2.05, 4.69) is 69.8 Å². The molecule has 4 aromatic carbocycles. The van der Waals surface area contributed by atoms with Gasteiger partial charge in [0.2, 0.25) is 0 Å². The number of benzene rings is 4. The number of ether oxygens (including phenoxy) is 2. The first kappa shape index (κ1) is 21.5. The second-order valence-electron chi connectivity index (χ2n) is 7.14. The van der Waals surface area contributed by atoms with Gasteiger partial charge in [0.15, 0.2) is 11.5 Å². The fourth-order valence-corrected chi connectivity index (χ4v) is 4.30. The van der Waals surface area contributed by atoms with Gasteiger partial charge in [0.05, 0.1) is 11.1 Å². The van der Waals surface area contributed by atoms with E-state index < -0.39 is 0 Å². The second kappa shape index (κ2) is 10.1. The van der Waals surface area contributed by atoms with E-state index in [0.29, 0.717) is 36.3 Å². The van der Waals surface area contributed by atoms with Gasteiger partial charge < -0.3 is 14.8 Å². The molecule has 0 radical (unpaired) electrons. The maximum absolute atomic E-state index is 6.09. The lowest BCUT2D eigenvalue weighted by molar-refractivity contribution is 0.267. The predicted molar refractivity (Wildman–Crippen MR) is 132 cm³/mol. The smallest absolute Gasteiger partial charge is 0.175 e. The van der Waals surface area contributed by atoms with Crippen LogP contribution in [0.5, 0.6) is 11.5 Å². The molecule has 0 saturated heterocycles. The molecular formula is C26H23BrClNO2. The minimum absolute atomic E-state index is 0.410. The van der Waals surface area contributed by atoms with Crippen molar-refractivity contribution in [2.24, 2.45) is 0 Å². The maximum atomic E-state index is 6.09. The standard InChI is InChI=1S/C26H23BrClNO2/c1-2-30-25-15-19(16-29-24-12-6-9-20-8-3-4-11-22(20)24)14-23(27)26(25)31-17-18-7-5-10-21(28)13-18/h3-15,29H,2,16-17H2,1H3. The second-order valence-corrected chi connectivity index (χ2v) is 8.43. The summed E-state index contributed by atoms with van der Waals surface area (Å²) >= 11 is 9.75. The summed E-state index contributed by atoms with van der Waals surface area (Å²) in [5.41, 5.74) is 3.20. The van der Waals surface area contributed by atoms with Crippen LogP contribution in [0.4, 0.5) is 5.69 Å². The van der Waals surface area contributed by atoms with Crippen molar-refractivity contribution in [1.82, 2.24) is 0 Å². The number of halogens is 2. The Morgan fingerprint density at radius 3 is 2.52 bits per heavy atom. The van der Waals surface area contributed by atoms with E-state index in [-0.39, 0.29) is 0 Å². The minimum Gasteiger partial charge on any atom is -0.490 e. The lowest BCUT2D eigenvalue weighted by Crippen LogP contribution is -2.04. The average molecular weight is 497 g/mol. The van der Waals surface area contributed by atoms with Crippen LogP contribution in [-0.4, -0.2) is 6.61 Å².